The van der Waals surface area contributed by atoms with E-state index in [2.05, 4.69) is 38.3 Å². The van der Waals surface area contributed by atoms with Crippen molar-refractivity contribution in [3.63, 3.8) is 0 Å². The fourth-order valence-electron chi connectivity index (χ4n) is 1.84. The Kier molecular flexibility index (Phi) is 6.57. The van der Waals surface area contributed by atoms with Crippen LogP contribution in [0.4, 0.5) is 0 Å². The minimum atomic E-state index is 0.140. The van der Waals surface area contributed by atoms with Gasteiger partial charge in [0.25, 0.3) is 0 Å². The molecule has 0 aliphatic carbocycles. The Morgan fingerprint density at radius 3 is 2.40 bits per heavy atom. The minimum absolute atomic E-state index is 0.140. The maximum atomic E-state index is 11.4. The predicted molar refractivity (Wildman–Crippen MR) is 64.8 cm³/mol. The largest absolute Gasteiger partial charge is 0.356 e. The van der Waals surface area contributed by atoms with Gasteiger partial charge in [0.2, 0.25) is 5.91 Å². The van der Waals surface area contributed by atoms with E-state index in [0.717, 1.165) is 19.5 Å². The van der Waals surface area contributed by atoms with Crippen molar-refractivity contribution in [2.75, 3.05) is 20.1 Å². The topological polar surface area (TPSA) is 41.1 Å². The van der Waals surface area contributed by atoms with Crippen molar-refractivity contribution in [1.82, 2.24) is 10.6 Å². The molecule has 0 aromatic heterocycles. The number of amides is 1. The zero-order valence-electron chi connectivity index (χ0n) is 10.8. The van der Waals surface area contributed by atoms with E-state index in [1.165, 1.54) is 0 Å². The van der Waals surface area contributed by atoms with Crippen molar-refractivity contribution < 1.29 is 4.79 Å². The number of carbonyl (C=O) groups is 1. The van der Waals surface area contributed by atoms with Gasteiger partial charge in [0.15, 0.2) is 0 Å². The fraction of sp³-hybridized carbons (Fsp3) is 0.917. The SMILES string of the molecule is CNCCC(=O)NCC(C)(C)CC(C)C. The summed E-state index contributed by atoms with van der Waals surface area (Å²) >= 11 is 0. The maximum Gasteiger partial charge on any atom is 0.221 e. The molecule has 90 valence electrons. The Morgan fingerprint density at radius 1 is 1.33 bits per heavy atom. The highest BCUT2D eigenvalue weighted by Crippen LogP contribution is 2.23. The predicted octanol–water partition coefficient (Wildman–Crippen LogP) is 1.78. The van der Waals surface area contributed by atoms with Crippen molar-refractivity contribution in [1.29, 1.82) is 0 Å². The lowest BCUT2D eigenvalue weighted by Gasteiger charge is -2.26. The van der Waals surface area contributed by atoms with Crippen LogP contribution >= 0.6 is 0 Å². The zero-order valence-corrected chi connectivity index (χ0v) is 10.8. The van der Waals surface area contributed by atoms with Crippen LogP contribution in [0.2, 0.25) is 0 Å². The maximum absolute atomic E-state index is 11.4. The standard InChI is InChI=1S/C12H26N2O/c1-10(2)8-12(3,4)9-14-11(15)6-7-13-5/h10,13H,6-9H2,1-5H3,(H,14,15). The third-order valence-corrected chi connectivity index (χ3v) is 2.33. The molecule has 0 spiro atoms. The normalized spacial score (nSPS) is 11.9. The first-order valence-corrected chi connectivity index (χ1v) is 5.78. The van der Waals surface area contributed by atoms with Crippen molar-refractivity contribution in [2.24, 2.45) is 11.3 Å². The molecule has 0 saturated carbocycles. The third-order valence-electron chi connectivity index (χ3n) is 2.33. The second-order valence-electron chi connectivity index (χ2n) is 5.39. The fourth-order valence-corrected chi connectivity index (χ4v) is 1.84. The monoisotopic (exact) mass is 214 g/mol. The first-order valence-electron chi connectivity index (χ1n) is 5.78. The smallest absolute Gasteiger partial charge is 0.221 e. The van der Waals surface area contributed by atoms with Gasteiger partial charge >= 0.3 is 0 Å². The van der Waals surface area contributed by atoms with E-state index >= 15 is 0 Å². The van der Waals surface area contributed by atoms with E-state index in [1.54, 1.807) is 0 Å². The van der Waals surface area contributed by atoms with Crippen LogP contribution in [-0.2, 0) is 4.79 Å². The molecule has 0 saturated heterocycles. The molecule has 3 heteroatoms. The Labute approximate surface area is 94.0 Å². The number of carbonyl (C=O) groups excluding carboxylic acids is 1. The van der Waals surface area contributed by atoms with Gasteiger partial charge in [0.05, 0.1) is 0 Å². The highest BCUT2D eigenvalue weighted by Gasteiger charge is 2.19. The second-order valence-corrected chi connectivity index (χ2v) is 5.39. The lowest BCUT2D eigenvalue weighted by Crippen LogP contribution is -2.35. The molecule has 0 rings (SSSR count). The van der Waals surface area contributed by atoms with E-state index in [4.69, 9.17) is 0 Å². The van der Waals surface area contributed by atoms with E-state index in [9.17, 15) is 4.79 Å². The lowest BCUT2D eigenvalue weighted by molar-refractivity contribution is -0.121. The van der Waals surface area contributed by atoms with Gasteiger partial charge in [-0.1, -0.05) is 27.7 Å². The van der Waals surface area contributed by atoms with Crippen LogP contribution in [0.3, 0.4) is 0 Å². The first-order chi connectivity index (χ1) is 6.87. The van der Waals surface area contributed by atoms with Crippen molar-refractivity contribution in [3.8, 4) is 0 Å². The van der Waals surface area contributed by atoms with E-state index in [-0.39, 0.29) is 11.3 Å². The van der Waals surface area contributed by atoms with Gasteiger partial charge in [0, 0.05) is 19.5 Å². The number of rotatable bonds is 7. The molecule has 0 unspecified atom stereocenters. The van der Waals surface area contributed by atoms with Crippen LogP contribution in [-0.4, -0.2) is 26.0 Å². The zero-order chi connectivity index (χ0) is 11.9. The summed E-state index contributed by atoms with van der Waals surface area (Å²) in [5.41, 5.74) is 0.198. The number of hydrogen-bond donors (Lipinski definition) is 2. The minimum Gasteiger partial charge on any atom is -0.356 e. The van der Waals surface area contributed by atoms with Crippen LogP contribution in [0.15, 0.2) is 0 Å². The van der Waals surface area contributed by atoms with Crippen LogP contribution in [0.25, 0.3) is 0 Å². The average Bonchev–Trinajstić information content (AvgIpc) is 2.09. The molecule has 0 heterocycles. The summed E-state index contributed by atoms with van der Waals surface area (Å²) in [6, 6.07) is 0. The average molecular weight is 214 g/mol. The Balaban J connectivity index is 3.77. The van der Waals surface area contributed by atoms with Crippen LogP contribution in [0.5, 0.6) is 0 Å². The molecule has 0 aromatic rings. The molecule has 0 fully saturated rings. The van der Waals surface area contributed by atoms with Gasteiger partial charge < -0.3 is 10.6 Å². The molecule has 0 aliphatic heterocycles. The first kappa shape index (κ1) is 14.4. The highest BCUT2D eigenvalue weighted by molar-refractivity contribution is 5.76. The summed E-state index contributed by atoms with van der Waals surface area (Å²) in [6.07, 6.45) is 1.70. The summed E-state index contributed by atoms with van der Waals surface area (Å²) < 4.78 is 0. The van der Waals surface area contributed by atoms with Gasteiger partial charge in [-0.2, -0.15) is 0 Å². The molecule has 0 aromatic carbocycles. The van der Waals surface area contributed by atoms with Gasteiger partial charge in [-0.25, -0.2) is 0 Å². The van der Waals surface area contributed by atoms with Crippen molar-refractivity contribution in [2.45, 2.75) is 40.5 Å². The molecule has 0 radical (unpaired) electrons. The van der Waals surface area contributed by atoms with Crippen LogP contribution in [0.1, 0.15) is 40.5 Å². The van der Waals surface area contributed by atoms with E-state index < -0.39 is 0 Å². The summed E-state index contributed by atoms with van der Waals surface area (Å²) in [7, 11) is 1.86. The van der Waals surface area contributed by atoms with Crippen LogP contribution in [0, 0.1) is 11.3 Å². The summed E-state index contributed by atoms with van der Waals surface area (Å²) in [6.45, 7) is 10.3. The Hall–Kier alpha value is -0.570. The van der Waals surface area contributed by atoms with Crippen molar-refractivity contribution >= 4 is 5.91 Å². The molecule has 1 amide bonds. The molecule has 0 bridgehead atoms. The second kappa shape index (κ2) is 6.83. The molecule has 15 heavy (non-hydrogen) atoms. The van der Waals surface area contributed by atoms with Crippen molar-refractivity contribution in [3.05, 3.63) is 0 Å². The lowest BCUT2D eigenvalue weighted by atomic mass is 9.84. The molecular weight excluding hydrogens is 188 g/mol. The van der Waals surface area contributed by atoms with E-state index in [1.807, 2.05) is 7.05 Å². The summed E-state index contributed by atoms with van der Waals surface area (Å²) in [5, 5.41) is 5.95. The molecular formula is C12H26N2O. The quantitative estimate of drug-likeness (QED) is 0.678. The molecule has 3 nitrogen and oxygen atoms in total. The molecule has 0 atom stereocenters. The van der Waals surface area contributed by atoms with Gasteiger partial charge in [-0.3, -0.25) is 4.79 Å². The van der Waals surface area contributed by atoms with Crippen LogP contribution < -0.4 is 10.6 Å². The number of hydrogen-bond acceptors (Lipinski definition) is 2. The number of nitrogens with one attached hydrogen (secondary N) is 2. The van der Waals surface area contributed by atoms with Gasteiger partial charge in [-0.15, -0.1) is 0 Å². The summed E-state index contributed by atoms with van der Waals surface area (Å²) in [4.78, 5) is 11.4. The van der Waals surface area contributed by atoms with Gasteiger partial charge in [-0.05, 0) is 24.8 Å². The Morgan fingerprint density at radius 2 is 1.93 bits per heavy atom. The summed E-state index contributed by atoms with van der Waals surface area (Å²) in [5.74, 6) is 0.815. The third kappa shape index (κ3) is 8.43. The van der Waals surface area contributed by atoms with E-state index in [0.29, 0.717) is 12.3 Å². The molecule has 2 N–H and O–H groups in total. The Bertz CT molecular complexity index is 188. The molecule has 0 aliphatic rings. The van der Waals surface area contributed by atoms with Gasteiger partial charge in [0.1, 0.15) is 0 Å². The highest BCUT2D eigenvalue weighted by atomic mass is 16.1.